The van der Waals surface area contributed by atoms with Crippen LogP contribution in [0.4, 0.5) is 0 Å². The summed E-state index contributed by atoms with van der Waals surface area (Å²) in [5, 5.41) is -0.174. The van der Waals surface area contributed by atoms with Gasteiger partial charge in [0.2, 0.25) is 10.0 Å². The second kappa shape index (κ2) is 7.57. The Labute approximate surface area is 152 Å². The predicted octanol–water partition coefficient (Wildman–Crippen LogP) is 2.82. The minimum absolute atomic E-state index is 0.0245. The molecule has 0 atom stereocenters. The highest BCUT2D eigenvalue weighted by Crippen LogP contribution is 2.35. The lowest BCUT2D eigenvalue weighted by atomic mass is 10.1. The molecule has 0 unspecified atom stereocenters. The lowest BCUT2D eigenvalue weighted by molar-refractivity contribution is 0.0596. The standard InChI is InChI=1S/C17H30N2O4SSi/c1-17(2,3)25(7,8)18-24(21,22)15-11-13(12-19(4)5)9-10-14(15)16(20)23-6/h9-11,18H,12H2,1-8H3. The van der Waals surface area contributed by atoms with Crippen molar-refractivity contribution in [1.29, 1.82) is 0 Å². The molecule has 0 bridgehead atoms. The van der Waals surface area contributed by atoms with Crippen molar-refractivity contribution in [3.63, 3.8) is 0 Å². The van der Waals surface area contributed by atoms with Crippen LogP contribution in [0.3, 0.4) is 0 Å². The van der Waals surface area contributed by atoms with Gasteiger partial charge in [-0.15, -0.1) is 0 Å². The molecule has 0 amide bonds. The molecule has 0 aliphatic carbocycles. The molecule has 1 aromatic rings. The van der Waals surface area contributed by atoms with Crippen LogP contribution in [0.25, 0.3) is 0 Å². The number of esters is 1. The summed E-state index contributed by atoms with van der Waals surface area (Å²) in [5.74, 6) is -0.660. The number of benzene rings is 1. The molecule has 25 heavy (non-hydrogen) atoms. The summed E-state index contributed by atoms with van der Waals surface area (Å²) in [5.41, 5.74) is 0.865. The molecule has 0 spiro atoms. The van der Waals surface area contributed by atoms with E-state index in [4.69, 9.17) is 4.74 Å². The van der Waals surface area contributed by atoms with Crippen LogP contribution in [0.15, 0.2) is 23.1 Å². The number of nitrogens with one attached hydrogen (secondary N) is 1. The summed E-state index contributed by atoms with van der Waals surface area (Å²) in [7, 11) is -1.15. The van der Waals surface area contributed by atoms with Gasteiger partial charge in [0.15, 0.2) is 0 Å². The summed E-state index contributed by atoms with van der Waals surface area (Å²) >= 11 is 0. The van der Waals surface area contributed by atoms with Gasteiger partial charge in [0.05, 0.1) is 17.6 Å². The van der Waals surface area contributed by atoms with Crippen molar-refractivity contribution in [3.8, 4) is 0 Å². The van der Waals surface area contributed by atoms with E-state index in [1.807, 2.05) is 52.9 Å². The second-order valence-electron chi connectivity index (χ2n) is 8.04. The van der Waals surface area contributed by atoms with Crippen LogP contribution in [0.2, 0.25) is 18.1 Å². The van der Waals surface area contributed by atoms with E-state index < -0.39 is 24.2 Å². The molecule has 1 N–H and O–H groups in total. The fourth-order valence-electron chi connectivity index (χ4n) is 2.08. The first kappa shape index (κ1) is 21.8. The number of hydrogen-bond donors (Lipinski definition) is 1. The Morgan fingerprint density at radius 1 is 1.24 bits per heavy atom. The van der Waals surface area contributed by atoms with Gasteiger partial charge >= 0.3 is 5.97 Å². The lowest BCUT2D eigenvalue weighted by Crippen LogP contribution is -2.54. The number of carbonyl (C=O) groups excluding carboxylic acids is 1. The summed E-state index contributed by atoms with van der Waals surface area (Å²) in [4.78, 5) is 14.0. The molecule has 0 fully saturated rings. The van der Waals surface area contributed by atoms with Gasteiger partial charge in [-0.05, 0) is 36.8 Å². The highest BCUT2D eigenvalue weighted by Gasteiger charge is 2.40. The molecular weight excluding hydrogens is 356 g/mol. The first-order chi connectivity index (χ1) is 11.2. The Bertz CT molecular complexity index is 738. The Morgan fingerprint density at radius 3 is 2.24 bits per heavy atom. The van der Waals surface area contributed by atoms with Crippen molar-refractivity contribution in [3.05, 3.63) is 29.3 Å². The largest absolute Gasteiger partial charge is 0.465 e. The molecule has 0 radical (unpaired) electrons. The predicted molar refractivity (Wildman–Crippen MR) is 103 cm³/mol. The smallest absolute Gasteiger partial charge is 0.339 e. The molecule has 1 aromatic carbocycles. The average Bonchev–Trinajstić information content (AvgIpc) is 2.43. The van der Waals surface area contributed by atoms with E-state index >= 15 is 0 Å². The van der Waals surface area contributed by atoms with Crippen LogP contribution < -0.4 is 4.39 Å². The molecule has 0 saturated heterocycles. The SMILES string of the molecule is COC(=O)c1ccc(CN(C)C)cc1S(=O)(=O)N[Si](C)(C)C(C)(C)C. The van der Waals surface area contributed by atoms with E-state index in [0.717, 1.165) is 5.56 Å². The Balaban J connectivity index is 3.47. The van der Waals surface area contributed by atoms with Crippen molar-refractivity contribution in [2.75, 3.05) is 21.2 Å². The van der Waals surface area contributed by atoms with Crippen LogP contribution in [0, 0.1) is 0 Å². The van der Waals surface area contributed by atoms with Crippen LogP contribution in [-0.2, 0) is 21.3 Å². The molecular formula is C17H30N2O4SSi. The Hall–Kier alpha value is -1.22. The third kappa shape index (κ3) is 5.37. The van der Waals surface area contributed by atoms with E-state index in [-0.39, 0.29) is 15.5 Å². The third-order valence-electron chi connectivity index (χ3n) is 4.50. The zero-order valence-electron chi connectivity index (χ0n) is 16.4. The zero-order chi connectivity index (χ0) is 19.6. The second-order valence-corrected chi connectivity index (χ2v) is 15.1. The number of hydrogen-bond acceptors (Lipinski definition) is 5. The molecule has 0 saturated carbocycles. The van der Waals surface area contributed by atoms with E-state index in [0.29, 0.717) is 6.54 Å². The highest BCUT2D eigenvalue weighted by molar-refractivity contribution is 7.91. The number of nitrogens with zero attached hydrogens (tertiary/aromatic N) is 1. The quantitative estimate of drug-likeness (QED) is 0.601. The van der Waals surface area contributed by atoms with Crippen LogP contribution in [0.1, 0.15) is 36.7 Å². The van der Waals surface area contributed by atoms with Crippen LogP contribution >= 0.6 is 0 Å². The molecule has 0 aromatic heterocycles. The number of carbonyl (C=O) groups is 1. The summed E-state index contributed by atoms with van der Waals surface area (Å²) in [6.07, 6.45) is 0. The lowest BCUT2D eigenvalue weighted by Gasteiger charge is -2.36. The normalized spacial score (nSPS) is 13.2. The van der Waals surface area contributed by atoms with E-state index in [2.05, 4.69) is 4.39 Å². The zero-order valence-corrected chi connectivity index (χ0v) is 18.2. The van der Waals surface area contributed by atoms with Gasteiger partial charge in [-0.1, -0.05) is 39.9 Å². The maximum atomic E-state index is 13.1. The van der Waals surface area contributed by atoms with Gasteiger partial charge in [-0.25, -0.2) is 17.6 Å². The van der Waals surface area contributed by atoms with Crippen LogP contribution in [-0.4, -0.2) is 48.7 Å². The summed E-state index contributed by atoms with van der Waals surface area (Å²) in [6, 6.07) is 4.82. The molecule has 8 heteroatoms. The first-order valence-corrected chi connectivity index (χ1v) is 12.6. The van der Waals surface area contributed by atoms with Gasteiger partial charge in [0.1, 0.15) is 8.24 Å². The summed E-state index contributed by atoms with van der Waals surface area (Å²) < 4.78 is 33.8. The number of sulfonamides is 1. The van der Waals surface area contributed by atoms with Gasteiger partial charge in [-0.3, -0.25) is 0 Å². The fraction of sp³-hybridized carbons (Fsp3) is 0.588. The monoisotopic (exact) mass is 386 g/mol. The van der Waals surface area contributed by atoms with Crippen molar-refractivity contribution in [2.24, 2.45) is 0 Å². The fourth-order valence-corrected chi connectivity index (χ4v) is 7.17. The average molecular weight is 387 g/mol. The number of methoxy groups -OCH3 is 1. The molecule has 0 aliphatic heterocycles. The Morgan fingerprint density at radius 2 is 1.80 bits per heavy atom. The van der Waals surface area contributed by atoms with E-state index in [1.54, 1.807) is 12.1 Å². The topological polar surface area (TPSA) is 75.7 Å². The van der Waals surface area contributed by atoms with E-state index in [1.165, 1.54) is 13.2 Å². The minimum Gasteiger partial charge on any atom is -0.465 e. The first-order valence-electron chi connectivity index (χ1n) is 8.11. The van der Waals surface area contributed by atoms with Gasteiger partial charge in [0.25, 0.3) is 0 Å². The van der Waals surface area contributed by atoms with Crippen molar-refractivity contribution in [2.45, 2.75) is 50.3 Å². The van der Waals surface area contributed by atoms with Crippen molar-refractivity contribution >= 4 is 24.2 Å². The molecule has 0 aliphatic rings. The molecule has 1 rings (SSSR count). The number of ether oxygens (including phenoxy) is 1. The van der Waals surface area contributed by atoms with Crippen LogP contribution in [0.5, 0.6) is 0 Å². The number of rotatable bonds is 6. The molecule has 142 valence electrons. The maximum Gasteiger partial charge on any atom is 0.339 e. The van der Waals surface area contributed by atoms with Gasteiger partial charge in [-0.2, -0.15) is 0 Å². The minimum atomic E-state index is -3.85. The molecule has 0 heterocycles. The third-order valence-corrected chi connectivity index (χ3v) is 12.3. The van der Waals surface area contributed by atoms with E-state index in [9.17, 15) is 13.2 Å². The molecule has 6 nitrogen and oxygen atoms in total. The Kier molecular flexibility index (Phi) is 6.61. The van der Waals surface area contributed by atoms with Gasteiger partial charge < -0.3 is 9.64 Å². The highest BCUT2D eigenvalue weighted by atomic mass is 32.2. The maximum absolute atomic E-state index is 13.1. The van der Waals surface area contributed by atoms with Gasteiger partial charge in [0, 0.05) is 6.54 Å². The summed E-state index contributed by atoms with van der Waals surface area (Å²) in [6.45, 7) is 10.6. The van der Waals surface area contributed by atoms with Crippen molar-refractivity contribution < 1.29 is 17.9 Å². The van der Waals surface area contributed by atoms with Crippen molar-refractivity contribution in [1.82, 2.24) is 9.29 Å².